The molecule has 0 heterocycles. The van der Waals surface area contributed by atoms with Gasteiger partial charge in [-0.3, -0.25) is 0 Å². The molecule has 0 aliphatic rings. The lowest BCUT2D eigenvalue weighted by Gasteiger charge is -2.22. The third-order valence-corrected chi connectivity index (χ3v) is 2.95. The van der Waals surface area contributed by atoms with Gasteiger partial charge in [0.05, 0.1) is 19.4 Å². The van der Waals surface area contributed by atoms with Crippen molar-refractivity contribution in [2.45, 2.75) is 6.61 Å². The standard InChI is InChI=1S/C15H17NO2/c1-16(13-9-7-12(11-17)8-10-13)14-5-3-4-6-15(14)18-2/h3-10,17H,11H2,1-2H3. The Morgan fingerprint density at radius 1 is 1.06 bits per heavy atom. The van der Waals surface area contributed by atoms with Crippen molar-refractivity contribution in [1.29, 1.82) is 0 Å². The van der Waals surface area contributed by atoms with Crippen molar-refractivity contribution in [2.75, 3.05) is 19.1 Å². The van der Waals surface area contributed by atoms with Crippen molar-refractivity contribution in [1.82, 2.24) is 0 Å². The minimum absolute atomic E-state index is 0.0681. The van der Waals surface area contributed by atoms with E-state index in [4.69, 9.17) is 9.84 Å². The number of para-hydroxylation sites is 2. The molecule has 3 nitrogen and oxygen atoms in total. The van der Waals surface area contributed by atoms with Crippen LogP contribution in [0.4, 0.5) is 11.4 Å². The lowest BCUT2D eigenvalue weighted by atomic mass is 10.2. The predicted molar refractivity (Wildman–Crippen MR) is 73.4 cm³/mol. The summed E-state index contributed by atoms with van der Waals surface area (Å²) in [4.78, 5) is 2.06. The number of hydrogen-bond acceptors (Lipinski definition) is 3. The Bertz CT molecular complexity index is 508. The number of methoxy groups -OCH3 is 1. The van der Waals surface area contributed by atoms with E-state index < -0.39 is 0 Å². The molecule has 94 valence electrons. The summed E-state index contributed by atoms with van der Waals surface area (Å²) >= 11 is 0. The molecule has 0 aromatic heterocycles. The van der Waals surface area contributed by atoms with Crippen molar-refractivity contribution in [2.24, 2.45) is 0 Å². The van der Waals surface area contributed by atoms with Crippen LogP contribution < -0.4 is 9.64 Å². The second kappa shape index (κ2) is 5.56. The summed E-state index contributed by atoms with van der Waals surface area (Å²) in [6, 6.07) is 15.7. The fraction of sp³-hybridized carbons (Fsp3) is 0.200. The lowest BCUT2D eigenvalue weighted by Crippen LogP contribution is -2.10. The highest BCUT2D eigenvalue weighted by atomic mass is 16.5. The van der Waals surface area contributed by atoms with E-state index in [-0.39, 0.29) is 6.61 Å². The van der Waals surface area contributed by atoms with Crippen molar-refractivity contribution in [3.8, 4) is 5.75 Å². The summed E-state index contributed by atoms with van der Waals surface area (Å²) in [5.74, 6) is 0.839. The molecule has 0 aliphatic heterocycles. The van der Waals surface area contributed by atoms with Gasteiger partial charge >= 0.3 is 0 Å². The van der Waals surface area contributed by atoms with Gasteiger partial charge in [-0.25, -0.2) is 0 Å². The maximum Gasteiger partial charge on any atom is 0.142 e. The Balaban J connectivity index is 2.31. The molecule has 0 radical (unpaired) electrons. The highest BCUT2D eigenvalue weighted by Gasteiger charge is 2.08. The zero-order chi connectivity index (χ0) is 13.0. The number of aliphatic hydroxyl groups excluding tert-OH is 1. The molecular formula is C15H17NO2. The molecule has 2 aromatic carbocycles. The molecule has 0 saturated heterocycles. The number of aliphatic hydroxyl groups is 1. The Labute approximate surface area is 107 Å². The second-order valence-corrected chi connectivity index (χ2v) is 4.06. The molecular weight excluding hydrogens is 226 g/mol. The van der Waals surface area contributed by atoms with Crippen molar-refractivity contribution in [3.63, 3.8) is 0 Å². The van der Waals surface area contributed by atoms with E-state index >= 15 is 0 Å². The molecule has 18 heavy (non-hydrogen) atoms. The fourth-order valence-corrected chi connectivity index (χ4v) is 1.87. The van der Waals surface area contributed by atoms with E-state index in [0.29, 0.717) is 0 Å². The molecule has 0 aliphatic carbocycles. The van der Waals surface area contributed by atoms with Crippen molar-refractivity contribution in [3.05, 3.63) is 54.1 Å². The Morgan fingerprint density at radius 2 is 1.72 bits per heavy atom. The van der Waals surface area contributed by atoms with Gasteiger partial charge in [-0.2, -0.15) is 0 Å². The van der Waals surface area contributed by atoms with Crippen molar-refractivity contribution < 1.29 is 9.84 Å². The molecule has 0 unspecified atom stereocenters. The van der Waals surface area contributed by atoms with Crippen LogP contribution in [0, 0.1) is 0 Å². The maximum atomic E-state index is 9.03. The van der Waals surface area contributed by atoms with Gasteiger partial charge < -0.3 is 14.7 Å². The normalized spacial score (nSPS) is 10.2. The summed E-state index contributed by atoms with van der Waals surface area (Å²) in [5, 5.41) is 9.03. The highest BCUT2D eigenvalue weighted by Crippen LogP contribution is 2.31. The average Bonchev–Trinajstić information content (AvgIpc) is 2.46. The fourth-order valence-electron chi connectivity index (χ4n) is 1.87. The van der Waals surface area contributed by atoms with Crippen LogP contribution in [0.15, 0.2) is 48.5 Å². The zero-order valence-corrected chi connectivity index (χ0v) is 10.6. The molecule has 2 aromatic rings. The first-order valence-electron chi connectivity index (χ1n) is 5.83. The Morgan fingerprint density at radius 3 is 2.33 bits per heavy atom. The second-order valence-electron chi connectivity index (χ2n) is 4.06. The van der Waals surface area contributed by atoms with Crippen LogP contribution in [0.3, 0.4) is 0 Å². The van der Waals surface area contributed by atoms with E-state index in [1.54, 1.807) is 7.11 Å². The molecule has 0 bridgehead atoms. The molecule has 3 heteroatoms. The SMILES string of the molecule is COc1ccccc1N(C)c1ccc(CO)cc1. The first kappa shape index (κ1) is 12.5. The molecule has 0 spiro atoms. The first-order chi connectivity index (χ1) is 8.76. The maximum absolute atomic E-state index is 9.03. The van der Waals surface area contributed by atoms with Crippen LogP contribution >= 0.6 is 0 Å². The molecule has 0 amide bonds. The molecule has 1 N–H and O–H groups in total. The zero-order valence-electron chi connectivity index (χ0n) is 10.6. The van der Waals surface area contributed by atoms with E-state index in [1.807, 2.05) is 55.6 Å². The predicted octanol–water partition coefficient (Wildman–Crippen LogP) is 2.96. The minimum Gasteiger partial charge on any atom is -0.495 e. The van der Waals surface area contributed by atoms with Crippen LogP contribution in [-0.2, 0) is 6.61 Å². The smallest absolute Gasteiger partial charge is 0.142 e. The quantitative estimate of drug-likeness (QED) is 0.896. The van der Waals surface area contributed by atoms with E-state index in [2.05, 4.69) is 4.90 Å². The minimum atomic E-state index is 0.0681. The topological polar surface area (TPSA) is 32.7 Å². The van der Waals surface area contributed by atoms with Crippen LogP contribution in [-0.4, -0.2) is 19.3 Å². The number of ether oxygens (including phenoxy) is 1. The summed E-state index contributed by atoms with van der Waals surface area (Å²) in [6.07, 6.45) is 0. The van der Waals surface area contributed by atoms with Gasteiger partial charge in [0.1, 0.15) is 5.75 Å². The Kier molecular flexibility index (Phi) is 3.85. The number of anilines is 2. The third kappa shape index (κ3) is 2.46. The first-order valence-corrected chi connectivity index (χ1v) is 5.83. The van der Waals surface area contributed by atoms with Gasteiger partial charge in [0.15, 0.2) is 0 Å². The summed E-state index contributed by atoms with van der Waals surface area (Å²) in [5.41, 5.74) is 2.97. The number of hydrogen-bond donors (Lipinski definition) is 1. The largest absolute Gasteiger partial charge is 0.495 e. The van der Waals surface area contributed by atoms with E-state index in [1.165, 1.54) is 0 Å². The van der Waals surface area contributed by atoms with Crippen molar-refractivity contribution >= 4 is 11.4 Å². The lowest BCUT2D eigenvalue weighted by molar-refractivity contribution is 0.282. The number of rotatable bonds is 4. The summed E-state index contributed by atoms with van der Waals surface area (Å²) in [6.45, 7) is 0.0681. The third-order valence-electron chi connectivity index (χ3n) is 2.95. The molecule has 2 rings (SSSR count). The summed E-state index contributed by atoms with van der Waals surface area (Å²) in [7, 11) is 3.66. The van der Waals surface area contributed by atoms with Gasteiger partial charge in [0, 0.05) is 12.7 Å². The van der Waals surface area contributed by atoms with Gasteiger partial charge in [0.25, 0.3) is 0 Å². The van der Waals surface area contributed by atoms with Crippen LogP contribution in [0.1, 0.15) is 5.56 Å². The van der Waals surface area contributed by atoms with Gasteiger partial charge in [-0.1, -0.05) is 24.3 Å². The van der Waals surface area contributed by atoms with Gasteiger partial charge in [-0.05, 0) is 29.8 Å². The molecule has 0 atom stereocenters. The van der Waals surface area contributed by atoms with E-state index in [9.17, 15) is 0 Å². The number of benzene rings is 2. The van der Waals surface area contributed by atoms with Gasteiger partial charge in [0.2, 0.25) is 0 Å². The average molecular weight is 243 g/mol. The van der Waals surface area contributed by atoms with E-state index in [0.717, 1.165) is 22.7 Å². The summed E-state index contributed by atoms with van der Waals surface area (Å²) < 4.78 is 5.35. The highest BCUT2D eigenvalue weighted by molar-refractivity contribution is 5.68. The van der Waals surface area contributed by atoms with Crippen LogP contribution in [0.2, 0.25) is 0 Å². The number of nitrogens with zero attached hydrogens (tertiary/aromatic N) is 1. The van der Waals surface area contributed by atoms with Crippen LogP contribution in [0.25, 0.3) is 0 Å². The monoisotopic (exact) mass is 243 g/mol. The Hall–Kier alpha value is -2.00. The molecule has 0 saturated carbocycles. The van der Waals surface area contributed by atoms with Crippen LogP contribution in [0.5, 0.6) is 5.75 Å². The van der Waals surface area contributed by atoms with Gasteiger partial charge in [-0.15, -0.1) is 0 Å². The molecule has 0 fully saturated rings.